The van der Waals surface area contributed by atoms with Crippen LogP contribution >= 0.6 is 0 Å². The molecule has 2 bridgehead atoms. The molecule has 3 saturated heterocycles. The van der Waals surface area contributed by atoms with Gasteiger partial charge in [0.15, 0.2) is 0 Å². The minimum Gasteiger partial charge on any atom is -0.333 e. The first-order chi connectivity index (χ1) is 14.0. The molecule has 3 fully saturated rings. The summed E-state index contributed by atoms with van der Waals surface area (Å²) in [5.74, 6) is -0.125. The summed E-state index contributed by atoms with van der Waals surface area (Å²) in [5.41, 5.74) is 7.76. The molecular weight excluding hydrogens is 368 g/mol. The van der Waals surface area contributed by atoms with E-state index in [2.05, 4.69) is 12.1 Å². The number of piperazine rings is 1. The number of fused-ring (bicyclic) bond motifs is 2. The summed E-state index contributed by atoms with van der Waals surface area (Å²) < 4.78 is 0. The monoisotopic (exact) mass is 392 g/mol. The lowest BCUT2D eigenvalue weighted by Gasteiger charge is -2.35. The first-order valence-electron chi connectivity index (χ1n) is 10.0. The number of nitriles is 2. The summed E-state index contributed by atoms with van der Waals surface area (Å²) in [6, 6.07) is 10.3. The third kappa shape index (κ3) is 3.57. The number of hydrogen-bond acceptors (Lipinski definition) is 6. The van der Waals surface area contributed by atoms with Crippen LogP contribution in [0.4, 0.5) is 0 Å². The second-order valence-corrected chi connectivity index (χ2v) is 8.06. The van der Waals surface area contributed by atoms with E-state index in [1.165, 1.54) is 0 Å². The van der Waals surface area contributed by atoms with E-state index in [-0.39, 0.29) is 29.9 Å². The predicted octanol–water partition coefficient (Wildman–Crippen LogP) is 0.185. The number of rotatable bonds is 5. The first-order valence-corrected chi connectivity index (χ1v) is 10.0. The molecule has 3 unspecified atom stereocenters. The molecule has 4 atom stereocenters. The summed E-state index contributed by atoms with van der Waals surface area (Å²) in [5, 5.41) is 18.1. The van der Waals surface area contributed by atoms with Gasteiger partial charge in [0.1, 0.15) is 6.04 Å². The van der Waals surface area contributed by atoms with Gasteiger partial charge >= 0.3 is 0 Å². The fraction of sp³-hybridized carbons (Fsp3) is 0.524. The number of carbonyl (C=O) groups is 2. The van der Waals surface area contributed by atoms with Crippen LogP contribution in [0.15, 0.2) is 24.3 Å². The molecule has 3 aliphatic heterocycles. The van der Waals surface area contributed by atoms with E-state index in [0.717, 1.165) is 18.4 Å². The Morgan fingerprint density at radius 1 is 1.28 bits per heavy atom. The van der Waals surface area contributed by atoms with Crippen molar-refractivity contribution in [1.29, 1.82) is 10.5 Å². The zero-order valence-corrected chi connectivity index (χ0v) is 16.2. The van der Waals surface area contributed by atoms with Crippen molar-refractivity contribution in [3.8, 4) is 12.1 Å². The molecule has 1 aromatic rings. The summed E-state index contributed by atoms with van der Waals surface area (Å²) >= 11 is 0. The lowest BCUT2D eigenvalue weighted by molar-refractivity contribution is -0.139. The Hall–Kier alpha value is -2.94. The van der Waals surface area contributed by atoms with Crippen LogP contribution in [0.25, 0.3) is 0 Å². The maximum absolute atomic E-state index is 12.9. The predicted molar refractivity (Wildman–Crippen MR) is 104 cm³/mol. The number of carbonyl (C=O) groups excluding carboxylic acids is 2. The normalized spacial score (nSPS) is 27.1. The molecule has 2 amide bonds. The van der Waals surface area contributed by atoms with Gasteiger partial charge in [-0.2, -0.15) is 10.5 Å². The highest BCUT2D eigenvalue weighted by molar-refractivity contribution is 5.86. The molecular formula is C21H24N6O2. The fourth-order valence-corrected chi connectivity index (χ4v) is 4.73. The molecule has 29 heavy (non-hydrogen) atoms. The van der Waals surface area contributed by atoms with Crippen molar-refractivity contribution in [3.05, 3.63) is 35.4 Å². The molecule has 1 aromatic carbocycles. The molecule has 0 aromatic heterocycles. The molecule has 0 radical (unpaired) electrons. The van der Waals surface area contributed by atoms with Crippen molar-refractivity contribution < 1.29 is 9.59 Å². The van der Waals surface area contributed by atoms with E-state index in [9.17, 15) is 14.9 Å². The zero-order valence-electron chi connectivity index (χ0n) is 16.2. The molecule has 0 spiro atoms. The van der Waals surface area contributed by atoms with E-state index in [0.29, 0.717) is 38.2 Å². The van der Waals surface area contributed by atoms with Crippen molar-refractivity contribution in [2.45, 2.75) is 50.0 Å². The third-order valence-corrected chi connectivity index (χ3v) is 6.26. The number of nitrogens with two attached hydrogens (primary N) is 1. The van der Waals surface area contributed by atoms with Gasteiger partial charge in [-0.1, -0.05) is 12.1 Å². The van der Waals surface area contributed by atoms with Crippen molar-refractivity contribution in [2.75, 3.05) is 19.6 Å². The second kappa shape index (κ2) is 7.82. The van der Waals surface area contributed by atoms with E-state index in [1.807, 2.05) is 21.9 Å². The minimum atomic E-state index is -0.719. The number of hydrogen-bond donors (Lipinski definition) is 1. The van der Waals surface area contributed by atoms with Gasteiger partial charge in [0.25, 0.3) is 0 Å². The highest BCUT2D eigenvalue weighted by Crippen LogP contribution is 2.33. The highest BCUT2D eigenvalue weighted by Gasteiger charge is 2.50. The second-order valence-electron chi connectivity index (χ2n) is 8.06. The number of amides is 2. The SMILES string of the molecule is N#Cc1ccc(CN2C(=O)C3CC2CN3CC(N)C(=O)N2CCC[C@H]2C#N)cc1. The zero-order chi connectivity index (χ0) is 20.5. The van der Waals surface area contributed by atoms with Crippen LogP contribution in [0.5, 0.6) is 0 Å². The standard InChI is InChI=1S/C21H24N6O2/c22-9-14-3-5-15(6-4-14)11-27-17-8-19(21(27)29)25(12-17)13-18(24)20(28)26-7-1-2-16(26)10-23/h3-6,16-19H,1-2,7-8,11-13,24H2/t16-,17?,18?,19?/m0/s1. The van der Waals surface area contributed by atoms with Crippen LogP contribution < -0.4 is 5.73 Å². The van der Waals surface area contributed by atoms with Crippen LogP contribution in [0.2, 0.25) is 0 Å². The lowest BCUT2D eigenvalue weighted by Crippen LogP contribution is -2.56. The van der Waals surface area contributed by atoms with E-state index < -0.39 is 6.04 Å². The van der Waals surface area contributed by atoms with Gasteiger partial charge in [-0.25, -0.2) is 0 Å². The van der Waals surface area contributed by atoms with E-state index >= 15 is 0 Å². The lowest BCUT2D eigenvalue weighted by atomic mass is 10.1. The number of benzene rings is 1. The molecule has 8 nitrogen and oxygen atoms in total. The Kier molecular flexibility index (Phi) is 5.23. The van der Waals surface area contributed by atoms with E-state index in [4.69, 9.17) is 11.0 Å². The van der Waals surface area contributed by atoms with Crippen LogP contribution in [0.1, 0.15) is 30.4 Å². The van der Waals surface area contributed by atoms with Crippen molar-refractivity contribution in [3.63, 3.8) is 0 Å². The average molecular weight is 392 g/mol. The maximum Gasteiger partial charge on any atom is 0.241 e. The van der Waals surface area contributed by atoms with Crippen LogP contribution in [-0.2, 0) is 16.1 Å². The van der Waals surface area contributed by atoms with Crippen LogP contribution in [-0.4, -0.2) is 70.3 Å². The van der Waals surface area contributed by atoms with Crippen LogP contribution in [0.3, 0.4) is 0 Å². The van der Waals surface area contributed by atoms with Gasteiger partial charge in [-0.3, -0.25) is 14.5 Å². The summed E-state index contributed by atoms with van der Waals surface area (Å²) in [4.78, 5) is 31.0. The van der Waals surface area contributed by atoms with Gasteiger partial charge < -0.3 is 15.5 Å². The molecule has 3 aliphatic rings. The molecule has 0 aliphatic carbocycles. The molecule has 150 valence electrons. The Morgan fingerprint density at radius 2 is 2.03 bits per heavy atom. The maximum atomic E-state index is 12.9. The molecule has 4 rings (SSSR count). The number of likely N-dealkylation sites (tertiary alicyclic amines) is 3. The largest absolute Gasteiger partial charge is 0.333 e. The van der Waals surface area contributed by atoms with Gasteiger partial charge in [-0.05, 0) is 37.0 Å². The summed E-state index contributed by atoms with van der Waals surface area (Å²) in [7, 11) is 0. The first kappa shape index (κ1) is 19.4. The Balaban J connectivity index is 1.35. The molecule has 8 heteroatoms. The van der Waals surface area contributed by atoms with Crippen molar-refractivity contribution in [2.24, 2.45) is 5.73 Å². The summed E-state index contributed by atoms with van der Waals surface area (Å²) in [6.07, 6.45) is 2.28. The summed E-state index contributed by atoms with van der Waals surface area (Å²) in [6.45, 7) is 2.15. The fourth-order valence-electron chi connectivity index (χ4n) is 4.73. The van der Waals surface area contributed by atoms with E-state index in [1.54, 1.807) is 17.0 Å². The van der Waals surface area contributed by atoms with Gasteiger partial charge in [0.2, 0.25) is 11.8 Å². The molecule has 0 saturated carbocycles. The van der Waals surface area contributed by atoms with Crippen LogP contribution in [0, 0.1) is 22.7 Å². The molecule has 2 N–H and O–H groups in total. The molecule has 3 heterocycles. The van der Waals surface area contributed by atoms with Gasteiger partial charge in [0.05, 0.1) is 29.8 Å². The highest BCUT2D eigenvalue weighted by atomic mass is 16.2. The topological polar surface area (TPSA) is 117 Å². The smallest absolute Gasteiger partial charge is 0.241 e. The Morgan fingerprint density at radius 3 is 2.69 bits per heavy atom. The van der Waals surface area contributed by atoms with Crippen molar-refractivity contribution in [1.82, 2.24) is 14.7 Å². The third-order valence-electron chi connectivity index (χ3n) is 6.26. The Bertz CT molecular complexity index is 886. The minimum absolute atomic E-state index is 0.0707. The van der Waals surface area contributed by atoms with Crippen molar-refractivity contribution >= 4 is 11.8 Å². The quantitative estimate of drug-likeness (QED) is 0.764. The number of nitrogens with zero attached hydrogens (tertiary/aromatic N) is 5. The Labute approximate surface area is 170 Å². The van der Waals surface area contributed by atoms with Gasteiger partial charge in [-0.15, -0.1) is 0 Å². The van der Waals surface area contributed by atoms with Gasteiger partial charge in [0, 0.05) is 32.2 Å². The average Bonchev–Trinajstić information content (AvgIpc) is 3.44.